The van der Waals surface area contributed by atoms with Crippen molar-refractivity contribution < 1.29 is 52.7 Å². The Bertz CT molecular complexity index is 7170. The molecule has 1 aliphatic heterocycles. The number of para-hydroxylation sites is 3. The third-order valence-electron chi connectivity index (χ3n) is 26.3. The van der Waals surface area contributed by atoms with Crippen LogP contribution < -0.4 is 27.7 Å². The molecule has 130 heavy (non-hydrogen) atoms. The van der Waals surface area contributed by atoms with E-state index in [1.54, 1.807) is 53.2 Å². The van der Waals surface area contributed by atoms with Gasteiger partial charge in [-0.25, -0.2) is 44.4 Å². The minimum atomic E-state index is -4.82. The van der Waals surface area contributed by atoms with Gasteiger partial charge in [-0.05, 0) is 157 Å². The number of anilines is 4. The van der Waals surface area contributed by atoms with Crippen molar-refractivity contribution in [2.75, 3.05) is 22.9 Å². The molecule has 664 valence electrons. The average Bonchev–Trinajstić information content (AvgIpc) is 1.58. The lowest BCUT2D eigenvalue weighted by molar-refractivity contribution is -0.274. The van der Waals surface area contributed by atoms with Gasteiger partial charge in [0.25, 0.3) is 0 Å². The number of carbonyl (C=O) groups is 3. The number of nitrogens with one attached hydrogen (secondary N) is 3. The second kappa shape index (κ2) is 34.4. The summed E-state index contributed by atoms with van der Waals surface area (Å²) >= 11 is 1.80. The lowest BCUT2D eigenvalue weighted by atomic mass is 9.72. The number of carboxylic acids is 3. The van der Waals surface area contributed by atoms with Crippen LogP contribution in [0.2, 0.25) is 0 Å². The number of aliphatic hydroxyl groups is 1. The summed E-state index contributed by atoms with van der Waals surface area (Å²) in [6.45, 7) is 8.36. The molecule has 0 saturated heterocycles. The number of alkyl halides is 3. The summed E-state index contributed by atoms with van der Waals surface area (Å²) in [4.78, 5) is 86.1. The van der Waals surface area contributed by atoms with Gasteiger partial charge in [0.2, 0.25) is 0 Å². The lowest BCUT2D eigenvalue weighted by Crippen LogP contribution is -2.40. The Hall–Kier alpha value is -14.2. The Morgan fingerprint density at radius 2 is 0.977 bits per heavy atom. The first-order valence-electron chi connectivity index (χ1n) is 43.8. The molecular weight excluding hydrogens is 1680 g/mol. The van der Waals surface area contributed by atoms with Crippen LogP contribution in [0.4, 0.5) is 36.4 Å². The number of rotatable bonds is 15. The normalized spacial score (nSPS) is 21.5. The zero-order valence-electron chi connectivity index (χ0n) is 71.6. The monoisotopic (exact) mass is 1770 g/mol. The first-order chi connectivity index (χ1) is 62.6. The Balaban J connectivity index is 0.000000113. The molecule has 4 saturated carbocycles. The first-order valence-corrected chi connectivity index (χ1v) is 44.7. The van der Waals surface area contributed by atoms with Gasteiger partial charge in [0, 0.05) is 99.2 Å². The van der Waals surface area contributed by atoms with Crippen LogP contribution in [0, 0.1) is 24.7 Å². The van der Waals surface area contributed by atoms with Gasteiger partial charge >= 0.3 is 24.3 Å². The number of aromatic amines is 3. The van der Waals surface area contributed by atoms with Crippen molar-refractivity contribution in [3.63, 3.8) is 0 Å². The molecule has 22 rings (SSSR count). The fourth-order valence-corrected chi connectivity index (χ4v) is 20.8. The molecule has 33 heteroatoms. The van der Waals surface area contributed by atoms with Crippen molar-refractivity contribution in [1.29, 1.82) is 0 Å². The second-order valence-electron chi connectivity index (χ2n) is 35.3. The third kappa shape index (κ3) is 16.5. The molecule has 2 unspecified atom stereocenters. The number of halogens is 3. The maximum absolute atomic E-state index is 12.8. The largest absolute Gasteiger partial charge is 0.573 e. The maximum atomic E-state index is 12.8. The van der Waals surface area contributed by atoms with E-state index >= 15 is 0 Å². The summed E-state index contributed by atoms with van der Waals surface area (Å²) in [7, 11) is 0. The van der Waals surface area contributed by atoms with E-state index < -0.39 is 29.9 Å². The van der Waals surface area contributed by atoms with E-state index in [-0.39, 0.29) is 64.6 Å². The highest BCUT2D eigenvalue weighted by molar-refractivity contribution is 8.15. The number of hydrogen-bond acceptors (Lipinski definition) is 20. The molecule has 12 heterocycles. The number of imidazole rings is 4. The van der Waals surface area contributed by atoms with E-state index in [9.17, 15) is 48.0 Å². The molecule has 5 aromatic carbocycles. The number of H-pyrrole nitrogens is 3. The van der Waals surface area contributed by atoms with E-state index in [1.807, 2.05) is 56.8 Å². The number of aliphatic imine (C=N–C) groups is 1. The standard InChI is InChI=1S/C29H30N6O2.C24H23N5OS.C22H20F3N5O3.C22H23N5O2/c1-16(2)19-5-3-6-20(13-19)22-8-4-7-21-14-23(33-24(21)22)25-26-27(30)31-15-32-35(26)28(34-25)17-9-11-18(12-10-17)29(36)37;1-24(30)12-16(13-24)22-28-19(20-21(25)26-9-10-29(20)22)15-7-8-18-17(11-15)27-23(31-18)14-5-3-2-4-6-14;23-22(24,25)33-15-3-1-2-13-10-14(28-16(13)15)17-18-19(26)27-8-9-30(18)20(29-17)11-4-6-12(7-5-11)21(31)32;1-12-3-2-4-15-11-16(25-17(12)15)18-19-20(23)24-9-10-27(19)21(26-18)13-5-7-14(8-6-13)22(28)29/h3-8,13-18,33H,9-12H2,1-2H3,(H,36,37)(H2,30,31,32);2-11,16-18,30H,12-13H2,1H3,(H2,25,26);1-3,8-12,28H,4-7H2,(H2,26,27)(H,31,32);2-4,9-11,13-14,25H,5-8H2,1H3,(H2,23,24)(H,28,29). The number of nitrogens with two attached hydrogens (primary N) is 4. The molecule has 16 aromatic rings. The van der Waals surface area contributed by atoms with Crippen LogP contribution in [-0.4, -0.2) is 144 Å². The van der Waals surface area contributed by atoms with E-state index in [2.05, 4.69) is 163 Å². The van der Waals surface area contributed by atoms with Crippen LogP contribution in [-0.2, 0) is 14.4 Å². The van der Waals surface area contributed by atoms with E-state index in [0.717, 1.165) is 126 Å². The van der Waals surface area contributed by atoms with Gasteiger partial charge < -0.3 is 63.0 Å². The minimum absolute atomic E-state index is 0.0251. The zero-order chi connectivity index (χ0) is 90.3. The summed E-state index contributed by atoms with van der Waals surface area (Å²) in [6.07, 6.45) is 23.3. The van der Waals surface area contributed by atoms with Crippen LogP contribution in [0.25, 0.3) is 106 Å². The molecule has 15 N–H and O–H groups in total. The Morgan fingerprint density at radius 3 is 1.51 bits per heavy atom. The molecule has 0 spiro atoms. The van der Waals surface area contributed by atoms with Crippen LogP contribution >= 0.6 is 11.8 Å². The number of nitrogen functional groups attached to an aromatic ring is 4. The van der Waals surface area contributed by atoms with Crippen LogP contribution in [0.1, 0.15) is 186 Å². The third-order valence-corrected chi connectivity index (χ3v) is 27.6. The molecule has 29 nitrogen and oxygen atoms in total. The molecule has 5 aliphatic carbocycles. The van der Waals surface area contributed by atoms with E-state index in [0.29, 0.717) is 126 Å². The van der Waals surface area contributed by atoms with Gasteiger partial charge in [-0.2, -0.15) is 5.10 Å². The average molecular weight is 1770 g/mol. The topological polar surface area (TPSA) is 439 Å². The molecule has 4 fully saturated rings. The van der Waals surface area contributed by atoms with E-state index in [1.165, 1.54) is 35.2 Å². The summed E-state index contributed by atoms with van der Waals surface area (Å²) in [5.41, 5.74) is 41.6. The molecule has 0 amide bonds. The van der Waals surface area contributed by atoms with Gasteiger partial charge in [0.05, 0.1) is 73.5 Å². The molecule has 2 atom stereocenters. The van der Waals surface area contributed by atoms with Crippen molar-refractivity contribution in [3.05, 3.63) is 235 Å². The number of carboxylic acid groups (broad SMARTS) is 3. The van der Waals surface area contributed by atoms with E-state index in [4.69, 9.17) is 47.9 Å². The quantitative estimate of drug-likeness (QED) is 0.0454. The van der Waals surface area contributed by atoms with Crippen molar-refractivity contribution in [2.24, 2.45) is 22.7 Å². The molecule has 6 aliphatic rings. The highest BCUT2D eigenvalue weighted by Crippen LogP contribution is 2.49. The minimum Gasteiger partial charge on any atom is -0.481 e. The van der Waals surface area contributed by atoms with Crippen LogP contribution in [0.15, 0.2) is 194 Å². The van der Waals surface area contributed by atoms with Gasteiger partial charge in [-0.3, -0.25) is 32.6 Å². The van der Waals surface area contributed by atoms with Crippen molar-refractivity contribution in [3.8, 4) is 51.0 Å². The predicted octanol–water partition coefficient (Wildman–Crippen LogP) is 18.7. The number of fused-ring (bicyclic) bond motifs is 8. The van der Waals surface area contributed by atoms with Crippen LogP contribution in [0.3, 0.4) is 0 Å². The fourth-order valence-electron chi connectivity index (χ4n) is 19.6. The zero-order valence-corrected chi connectivity index (χ0v) is 72.4. The van der Waals surface area contributed by atoms with Gasteiger partial charge in [-0.15, -0.1) is 13.2 Å². The first kappa shape index (κ1) is 85.2. The fraction of sp³-hybridized carbons (Fsp3) is 0.309. The van der Waals surface area contributed by atoms with Crippen molar-refractivity contribution >= 4 is 118 Å². The number of aryl methyl sites for hydroxylation is 1. The summed E-state index contributed by atoms with van der Waals surface area (Å²) < 4.78 is 50.4. The number of aromatic nitrogens is 16. The molecular formula is C97H96F3N21O8S. The number of thioether (sulfide) groups is 1. The number of nitrogens with zero attached hydrogens (tertiary/aromatic N) is 14. The summed E-state index contributed by atoms with van der Waals surface area (Å²) in [5, 5.41) is 46.8. The Kier molecular flexibility index (Phi) is 22.6. The summed E-state index contributed by atoms with van der Waals surface area (Å²) in [6, 6.07) is 41.9. The lowest BCUT2D eigenvalue weighted by Gasteiger charge is -2.40. The number of aliphatic carboxylic acids is 3. The smallest absolute Gasteiger partial charge is 0.481 e. The van der Waals surface area contributed by atoms with Gasteiger partial charge in [0.15, 0.2) is 11.6 Å². The van der Waals surface area contributed by atoms with Gasteiger partial charge in [-0.1, -0.05) is 141 Å². The Labute approximate surface area is 746 Å². The highest BCUT2D eigenvalue weighted by atomic mass is 32.2. The number of allylic oxidation sites excluding steroid dienone is 2. The second-order valence-corrected chi connectivity index (χ2v) is 36.5. The molecule has 0 bridgehead atoms. The number of benzene rings is 5. The predicted molar refractivity (Wildman–Crippen MR) is 495 cm³/mol. The number of hydrogen-bond donors (Lipinski definition) is 11. The summed E-state index contributed by atoms with van der Waals surface area (Å²) in [5.74, 6) is 2.49. The Morgan fingerprint density at radius 1 is 0.523 bits per heavy atom. The molecule has 11 aromatic heterocycles. The SMILES string of the molecule is CC(C)c1cccc(-c2cccc3cc(-c4nc(C5CCC(C(=O)O)CC5)n5ncnc(N)c45)[nH]c23)c1.CC1(O)CC(c2nc(C3=CC4N=C(c5ccccc5)SC4C=C3)c3c(N)nccn23)C1.Cc1cccc2cc(-c3nc(C4CCC(C(=O)O)CC4)n4ccnc(N)c34)[nH]c12.Nc1nccn2c(C3CCC(C(=O)O)CC3)nc(-c3cc4cccc(OC(F)(F)F)c4[nH]3)c12. The van der Waals surface area contributed by atoms with Crippen molar-refractivity contribution in [1.82, 2.24) is 77.6 Å². The highest BCUT2D eigenvalue weighted by Gasteiger charge is 2.43. The van der Waals surface area contributed by atoms with Crippen molar-refractivity contribution in [2.45, 2.75) is 170 Å². The van der Waals surface area contributed by atoms with Crippen LogP contribution in [0.5, 0.6) is 5.75 Å². The van der Waals surface area contributed by atoms with Gasteiger partial charge in [0.1, 0.15) is 86.2 Å². The molecule has 0 radical (unpaired) electrons. The maximum Gasteiger partial charge on any atom is 0.573 e. The number of ether oxygens (including phenoxy) is 1.